The molecule has 1 N–H and O–H groups in total. The number of piperidine rings is 2. The fourth-order valence-electron chi connectivity index (χ4n) is 3.00. The van der Waals surface area contributed by atoms with Crippen LogP contribution in [-0.4, -0.2) is 65.8 Å². The maximum Gasteiger partial charge on any atom is 0.320 e. The van der Waals surface area contributed by atoms with E-state index in [1.54, 1.807) is 4.90 Å². The molecule has 2 heterocycles. The van der Waals surface area contributed by atoms with Crippen molar-refractivity contribution in [1.29, 1.82) is 0 Å². The van der Waals surface area contributed by atoms with Gasteiger partial charge < -0.3 is 19.6 Å². The predicted molar refractivity (Wildman–Crippen MR) is 73.5 cm³/mol. The zero-order valence-corrected chi connectivity index (χ0v) is 12.1. The molecule has 0 aromatic carbocycles. The van der Waals surface area contributed by atoms with Crippen LogP contribution in [0.2, 0.25) is 0 Å². The van der Waals surface area contributed by atoms with Gasteiger partial charge in [0, 0.05) is 32.8 Å². The van der Waals surface area contributed by atoms with E-state index in [0.29, 0.717) is 39.2 Å². The number of aliphatic carboxylic acids is 1. The molecule has 0 aromatic rings. The number of hydrogen-bond donors (Lipinski definition) is 1. The van der Waals surface area contributed by atoms with E-state index in [0.717, 1.165) is 19.3 Å². The summed E-state index contributed by atoms with van der Waals surface area (Å²) in [5.41, 5.74) is 0. The quantitative estimate of drug-likeness (QED) is 0.850. The van der Waals surface area contributed by atoms with Gasteiger partial charge in [0.25, 0.3) is 0 Å². The Bertz CT molecular complexity index is 353. The third-order valence-electron chi connectivity index (χ3n) is 4.16. The van der Waals surface area contributed by atoms with Gasteiger partial charge in [-0.2, -0.15) is 0 Å². The molecule has 0 spiro atoms. The largest absolute Gasteiger partial charge is 0.481 e. The Labute approximate surface area is 119 Å². The van der Waals surface area contributed by atoms with Crippen LogP contribution < -0.4 is 0 Å². The molecule has 0 aromatic heterocycles. The monoisotopic (exact) mass is 284 g/mol. The van der Waals surface area contributed by atoms with Gasteiger partial charge in [0.1, 0.15) is 0 Å². The van der Waals surface area contributed by atoms with Gasteiger partial charge in [-0.1, -0.05) is 0 Å². The molecule has 20 heavy (non-hydrogen) atoms. The molecular formula is C14H24N2O4. The van der Waals surface area contributed by atoms with Crippen molar-refractivity contribution >= 4 is 12.0 Å². The van der Waals surface area contributed by atoms with Gasteiger partial charge in [-0.25, -0.2) is 4.79 Å². The number of rotatable bonds is 3. The van der Waals surface area contributed by atoms with E-state index in [1.807, 2.05) is 11.8 Å². The van der Waals surface area contributed by atoms with Crippen molar-refractivity contribution in [2.24, 2.45) is 5.92 Å². The molecule has 1 atom stereocenters. The minimum absolute atomic E-state index is 0.00843. The average molecular weight is 284 g/mol. The van der Waals surface area contributed by atoms with Crippen LogP contribution in [0.1, 0.15) is 32.6 Å². The van der Waals surface area contributed by atoms with Crippen LogP contribution in [0.25, 0.3) is 0 Å². The van der Waals surface area contributed by atoms with Crippen LogP contribution in [0.4, 0.5) is 4.79 Å². The van der Waals surface area contributed by atoms with Crippen LogP contribution in [0.3, 0.4) is 0 Å². The zero-order chi connectivity index (χ0) is 14.5. The molecule has 2 saturated heterocycles. The Morgan fingerprint density at radius 2 is 1.85 bits per heavy atom. The molecule has 2 aliphatic rings. The van der Waals surface area contributed by atoms with Crippen molar-refractivity contribution < 1.29 is 19.4 Å². The predicted octanol–water partition coefficient (Wildman–Crippen LogP) is 1.40. The standard InChI is InChI=1S/C14H24N2O4/c1-2-20-12-5-8-15(9-6-12)14(19)16-7-3-4-11(10-16)13(17)18/h11-12H,2-10H2,1H3,(H,17,18)/t11-/m1/s1. The molecule has 0 radical (unpaired) electrons. The topological polar surface area (TPSA) is 70.1 Å². The molecule has 0 unspecified atom stereocenters. The van der Waals surface area contributed by atoms with Gasteiger partial charge >= 0.3 is 12.0 Å². The first-order valence-electron chi connectivity index (χ1n) is 7.50. The number of carbonyl (C=O) groups excluding carboxylic acids is 1. The van der Waals surface area contributed by atoms with E-state index < -0.39 is 11.9 Å². The van der Waals surface area contributed by atoms with Gasteiger partial charge in [0.2, 0.25) is 0 Å². The van der Waals surface area contributed by atoms with E-state index >= 15 is 0 Å². The van der Waals surface area contributed by atoms with Gasteiger partial charge in [-0.05, 0) is 32.6 Å². The number of carboxylic acids is 1. The molecule has 0 aliphatic carbocycles. The third kappa shape index (κ3) is 3.62. The first-order valence-corrected chi connectivity index (χ1v) is 7.50. The molecule has 0 saturated carbocycles. The van der Waals surface area contributed by atoms with Crippen molar-refractivity contribution in [2.45, 2.75) is 38.7 Å². The molecule has 114 valence electrons. The smallest absolute Gasteiger partial charge is 0.320 e. The maximum absolute atomic E-state index is 12.4. The Morgan fingerprint density at radius 1 is 1.15 bits per heavy atom. The average Bonchev–Trinajstić information content (AvgIpc) is 2.48. The lowest BCUT2D eigenvalue weighted by molar-refractivity contribution is -0.143. The Kier molecular flexibility index (Phi) is 5.23. The highest BCUT2D eigenvalue weighted by atomic mass is 16.5. The number of hydrogen-bond acceptors (Lipinski definition) is 3. The number of nitrogens with zero attached hydrogens (tertiary/aromatic N) is 2. The molecule has 2 aliphatic heterocycles. The van der Waals surface area contributed by atoms with Gasteiger partial charge in [0.15, 0.2) is 0 Å². The summed E-state index contributed by atoms with van der Waals surface area (Å²) in [6.45, 7) is 5.13. The Balaban J connectivity index is 1.84. The second-order valence-corrected chi connectivity index (χ2v) is 5.55. The van der Waals surface area contributed by atoms with Crippen LogP contribution in [0, 0.1) is 5.92 Å². The molecule has 2 fully saturated rings. The molecule has 6 heteroatoms. The number of amides is 2. The van der Waals surface area contributed by atoms with Crippen molar-refractivity contribution in [3.63, 3.8) is 0 Å². The highest BCUT2D eigenvalue weighted by Crippen LogP contribution is 2.20. The van der Waals surface area contributed by atoms with Crippen LogP contribution >= 0.6 is 0 Å². The summed E-state index contributed by atoms with van der Waals surface area (Å²) in [5, 5.41) is 9.07. The minimum Gasteiger partial charge on any atom is -0.481 e. The number of ether oxygens (including phenoxy) is 1. The molecule has 2 rings (SSSR count). The van der Waals surface area contributed by atoms with Gasteiger partial charge in [0.05, 0.1) is 12.0 Å². The van der Waals surface area contributed by atoms with E-state index in [1.165, 1.54) is 0 Å². The highest BCUT2D eigenvalue weighted by molar-refractivity contribution is 5.76. The maximum atomic E-state index is 12.4. The van der Waals surface area contributed by atoms with Crippen molar-refractivity contribution in [3.8, 4) is 0 Å². The van der Waals surface area contributed by atoms with Gasteiger partial charge in [-0.3, -0.25) is 4.79 Å². The Morgan fingerprint density at radius 3 is 2.45 bits per heavy atom. The van der Waals surface area contributed by atoms with E-state index in [-0.39, 0.29) is 12.1 Å². The number of carbonyl (C=O) groups is 2. The highest BCUT2D eigenvalue weighted by Gasteiger charge is 2.32. The molecular weight excluding hydrogens is 260 g/mol. The van der Waals surface area contributed by atoms with E-state index in [9.17, 15) is 9.59 Å². The first kappa shape index (κ1) is 15.1. The molecule has 0 bridgehead atoms. The number of likely N-dealkylation sites (tertiary alicyclic amines) is 2. The fourth-order valence-corrected chi connectivity index (χ4v) is 3.00. The fraction of sp³-hybridized carbons (Fsp3) is 0.857. The minimum atomic E-state index is -0.794. The van der Waals surface area contributed by atoms with Crippen LogP contribution in [-0.2, 0) is 9.53 Å². The molecule has 2 amide bonds. The summed E-state index contributed by atoms with van der Waals surface area (Å²) in [5.74, 6) is -1.20. The lowest BCUT2D eigenvalue weighted by Gasteiger charge is -2.38. The summed E-state index contributed by atoms with van der Waals surface area (Å²) in [4.78, 5) is 27.0. The van der Waals surface area contributed by atoms with E-state index in [2.05, 4.69) is 0 Å². The normalized spacial score (nSPS) is 24.8. The van der Waals surface area contributed by atoms with Crippen molar-refractivity contribution in [2.75, 3.05) is 32.8 Å². The lowest BCUT2D eigenvalue weighted by atomic mass is 9.98. The second kappa shape index (κ2) is 6.92. The second-order valence-electron chi connectivity index (χ2n) is 5.55. The Hall–Kier alpha value is -1.30. The van der Waals surface area contributed by atoms with Crippen LogP contribution in [0.15, 0.2) is 0 Å². The zero-order valence-electron chi connectivity index (χ0n) is 12.1. The number of carboxylic acid groups (broad SMARTS) is 1. The van der Waals surface area contributed by atoms with Crippen molar-refractivity contribution in [1.82, 2.24) is 9.80 Å². The summed E-state index contributed by atoms with van der Waals surface area (Å²) in [7, 11) is 0. The SMILES string of the molecule is CCOC1CCN(C(=O)N2CCC[C@@H](C(=O)O)C2)CC1. The third-order valence-corrected chi connectivity index (χ3v) is 4.16. The summed E-state index contributed by atoms with van der Waals surface area (Å²) >= 11 is 0. The van der Waals surface area contributed by atoms with Crippen molar-refractivity contribution in [3.05, 3.63) is 0 Å². The first-order chi connectivity index (χ1) is 9.61. The summed E-state index contributed by atoms with van der Waals surface area (Å²) in [6.07, 6.45) is 3.45. The summed E-state index contributed by atoms with van der Waals surface area (Å²) < 4.78 is 5.58. The lowest BCUT2D eigenvalue weighted by Crippen LogP contribution is -2.51. The summed E-state index contributed by atoms with van der Waals surface area (Å²) in [6, 6.07) is -0.00843. The van der Waals surface area contributed by atoms with E-state index in [4.69, 9.17) is 9.84 Å². The van der Waals surface area contributed by atoms with Gasteiger partial charge in [-0.15, -0.1) is 0 Å². The number of urea groups is 1. The molecule has 6 nitrogen and oxygen atoms in total. The van der Waals surface area contributed by atoms with Crippen LogP contribution in [0.5, 0.6) is 0 Å².